The predicted octanol–water partition coefficient (Wildman–Crippen LogP) is 1.85. The van der Waals surface area contributed by atoms with Gasteiger partial charge in [-0.15, -0.1) is 0 Å². The predicted molar refractivity (Wildman–Crippen MR) is 98.1 cm³/mol. The minimum Gasteiger partial charge on any atom is -0.481 e. The number of carbonyl (C=O) groups excluding carboxylic acids is 1. The summed E-state index contributed by atoms with van der Waals surface area (Å²) < 4.78 is 32.7. The van der Waals surface area contributed by atoms with Crippen LogP contribution in [0.3, 0.4) is 0 Å². The molecule has 1 aromatic carbocycles. The number of amides is 1. The first-order chi connectivity index (χ1) is 12.3. The largest absolute Gasteiger partial charge is 0.481 e. The first-order valence-electron chi connectivity index (χ1n) is 8.23. The highest BCUT2D eigenvalue weighted by Gasteiger charge is 2.17. The van der Waals surface area contributed by atoms with Gasteiger partial charge < -0.3 is 10.1 Å². The van der Waals surface area contributed by atoms with E-state index < -0.39 is 16.1 Å². The Morgan fingerprint density at radius 2 is 1.85 bits per heavy atom. The lowest BCUT2D eigenvalue weighted by Crippen LogP contribution is -2.40. The summed E-state index contributed by atoms with van der Waals surface area (Å²) in [6, 6.07) is 9.48. The van der Waals surface area contributed by atoms with E-state index in [4.69, 9.17) is 4.74 Å². The molecule has 140 valence electrons. The zero-order valence-electron chi connectivity index (χ0n) is 15.0. The van der Waals surface area contributed by atoms with E-state index in [0.717, 1.165) is 5.56 Å². The van der Waals surface area contributed by atoms with Crippen LogP contribution in [-0.2, 0) is 21.4 Å². The van der Waals surface area contributed by atoms with Crippen molar-refractivity contribution in [3.05, 3.63) is 54.4 Å². The number of aromatic nitrogens is 1. The van der Waals surface area contributed by atoms with E-state index in [0.29, 0.717) is 5.75 Å². The Morgan fingerprint density at radius 1 is 1.15 bits per heavy atom. The molecule has 2 N–H and O–H groups in total. The molecule has 2 aromatic rings. The van der Waals surface area contributed by atoms with Gasteiger partial charge in [-0.1, -0.05) is 6.07 Å². The molecule has 0 fully saturated rings. The van der Waals surface area contributed by atoms with Crippen LogP contribution in [0, 0.1) is 0 Å². The summed E-state index contributed by atoms with van der Waals surface area (Å²) in [7, 11) is -3.65. The molecule has 1 amide bonds. The van der Waals surface area contributed by atoms with E-state index in [1.54, 1.807) is 31.5 Å². The number of sulfonamides is 1. The molecule has 0 unspecified atom stereocenters. The third-order valence-electron chi connectivity index (χ3n) is 3.44. The maximum atomic E-state index is 12.3. The fourth-order valence-electron chi connectivity index (χ4n) is 2.12. The number of pyridine rings is 1. The zero-order chi connectivity index (χ0) is 19.2. The van der Waals surface area contributed by atoms with Gasteiger partial charge >= 0.3 is 0 Å². The smallest absolute Gasteiger partial charge is 0.260 e. The highest BCUT2D eigenvalue weighted by molar-refractivity contribution is 7.89. The van der Waals surface area contributed by atoms with Crippen molar-refractivity contribution in [2.24, 2.45) is 0 Å². The molecule has 0 aliphatic carbocycles. The molecule has 26 heavy (non-hydrogen) atoms. The summed E-state index contributed by atoms with van der Waals surface area (Å²) in [5, 5.41) is 2.76. The Morgan fingerprint density at radius 3 is 2.42 bits per heavy atom. The van der Waals surface area contributed by atoms with Gasteiger partial charge in [0, 0.05) is 25.0 Å². The third-order valence-corrected chi connectivity index (χ3v) is 4.85. The molecule has 0 aliphatic rings. The Hall–Kier alpha value is -2.45. The second-order valence-corrected chi connectivity index (χ2v) is 7.85. The van der Waals surface area contributed by atoms with E-state index in [-0.39, 0.29) is 23.4 Å². The summed E-state index contributed by atoms with van der Waals surface area (Å²) in [6.45, 7) is 5.52. The lowest BCUT2D eigenvalue weighted by atomic mass is 10.3. The lowest BCUT2D eigenvalue weighted by Gasteiger charge is -2.16. The van der Waals surface area contributed by atoms with Crippen LogP contribution in [0.15, 0.2) is 53.7 Å². The van der Waals surface area contributed by atoms with Gasteiger partial charge in [0.1, 0.15) is 5.75 Å². The van der Waals surface area contributed by atoms with E-state index in [1.165, 1.54) is 24.3 Å². The molecular weight excluding hydrogens is 354 g/mol. The fourth-order valence-corrected chi connectivity index (χ4v) is 3.14. The van der Waals surface area contributed by atoms with Crippen LogP contribution in [0.4, 0.5) is 0 Å². The van der Waals surface area contributed by atoms with Crippen LogP contribution in [0.25, 0.3) is 0 Å². The van der Waals surface area contributed by atoms with Crippen molar-refractivity contribution in [2.45, 2.75) is 44.4 Å². The number of nitrogens with zero attached hydrogens (tertiary/aromatic N) is 1. The van der Waals surface area contributed by atoms with Crippen LogP contribution in [0.2, 0.25) is 0 Å². The van der Waals surface area contributed by atoms with Crippen molar-refractivity contribution in [2.75, 3.05) is 0 Å². The molecule has 0 spiro atoms. The maximum Gasteiger partial charge on any atom is 0.260 e. The van der Waals surface area contributed by atoms with Crippen molar-refractivity contribution >= 4 is 15.9 Å². The molecule has 1 heterocycles. The summed E-state index contributed by atoms with van der Waals surface area (Å²) >= 11 is 0. The average Bonchev–Trinajstić information content (AvgIpc) is 2.61. The second kappa shape index (κ2) is 8.77. The Labute approximate surface area is 153 Å². The van der Waals surface area contributed by atoms with Crippen molar-refractivity contribution in [3.8, 4) is 5.75 Å². The van der Waals surface area contributed by atoms with Gasteiger partial charge in [0.25, 0.3) is 5.91 Å². The molecule has 1 aromatic heterocycles. The number of hydrogen-bond acceptors (Lipinski definition) is 5. The first-order valence-corrected chi connectivity index (χ1v) is 9.72. The van der Waals surface area contributed by atoms with Gasteiger partial charge in [0.2, 0.25) is 10.0 Å². The topological polar surface area (TPSA) is 97.4 Å². The van der Waals surface area contributed by atoms with Crippen molar-refractivity contribution in [1.29, 1.82) is 0 Å². The highest BCUT2D eigenvalue weighted by atomic mass is 32.2. The molecule has 0 bridgehead atoms. The van der Waals surface area contributed by atoms with Crippen LogP contribution in [-0.4, -0.2) is 31.5 Å². The third kappa shape index (κ3) is 5.82. The summed E-state index contributed by atoms with van der Waals surface area (Å²) in [5.74, 6) is 0.192. The minimum atomic E-state index is -3.65. The quantitative estimate of drug-likeness (QED) is 0.732. The fraction of sp³-hybridized carbons (Fsp3) is 0.333. The van der Waals surface area contributed by atoms with Crippen LogP contribution in [0.1, 0.15) is 26.3 Å². The standard InChI is InChI=1S/C18H23N3O4S/c1-13(2)21-18(22)14(3)25-16-6-8-17(9-7-16)26(23,24)20-12-15-5-4-10-19-11-15/h4-11,13-14,20H,12H2,1-3H3,(H,21,22)/t14-/m1/s1. The summed E-state index contributed by atoms with van der Waals surface area (Å²) in [6.07, 6.45) is 2.55. The summed E-state index contributed by atoms with van der Waals surface area (Å²) in [4.78, 5) is 15.9. The molecule has 0 saturated heterocycles. The molecule has 0 saturated carbocycles. The van der Waals surface area contributed by atoms with Crippen LogP contribution >= 0.6 is 0 Å². The van der Waals surface area contributed by atoms with Gasteiger partial charge in [-0.2, -0.15) is 0 Å². The molecule has 2 rings (SSSR count). The maximum absolute atomic E-state index is 12.3. The van der Waals surface area contributed by atoms with Gasteiger partial charge in [0.05, 0.1) is 4.90 Å². The van der Waals surface area contributed by atoms with Gasteiger partial charge in [0.15, 0.2) is 6.10 Å². The minimum absolute atomic E-state index is 0.0203. The molecule has 0 aliphatic heterocycles. The molecule has 8 heteroatoms. The zero-order valence-corrected chi connectivity index (χ0v) is 15.8. The second-order valence-electron chi connectivity index (χ2n) is 6.08. The Bertz CT molecular complexity index is 821. The Kier molecular flexibility index (Phi) is 6.70. The molecule has 0 radical (unpaired) electrons. The van der Waals surface area contributed by atoms with Gasteiger partial charge in [-0.3, -0.25) is 9.78 Å². The van der Waals surface area contributed by atoms with E-state index in [2.05, 4.69) is 15.0 Å². The first kappa shape index (κ1) is 19.9. The monoisotopic (exact) mass is 377 g/mol. The van der Waals surface area contributed by atoms with Crippen LogP contribution in [0.5, 0.6) is 5.75 Å². The number of rotatable bonds is 8. The van der Waals surface area contributed by atoms with Gasteiger partial charge in [-0.05, 0) is 56.7 Å². The number of ether oxygens (including phenoxy) is 1. The molecule has 1 atom stereocenters. The molecule has 7 nitrogen and oxygen atoms in total. The number of benzene rings is 1. The number of nitrogens with one attached hydrogen (secondary N) is 2. The van der Waals surface area contributed by atoms with E-state index >= 15 is 0 Å². The average molecular weight is 377 g/mol. The number of carbonyl (C=O) groups is 1. The van der Waals surface area contributed by atoms with E-state index in [1.807, 2.05) is 13.8 Å². The normalized spacial score (nSPS) is 12.6. The van der Waals surface area contributed by atoms with Crippen molar-refractivity contribution < 1.29 is 17.9 Å². The summed E-state index contributed by atoms with van der Waals surface area (Å²) in [5.41, 5.74) is 0.765. The highest BCUT2D eigenvalue weighted by Crippen LogP contribution is 2.17. The van der Waals surface area contributed by atoms with Gasteiger partial charge in [-0.25, -0.2) is 13.1 Å². The number of hydrogen-bond donors (Lipinski definition) is 2. The van der Waals surface area contributed by atoms with E-state index in [9.17, 15) is 13.2 Å². The van der Waals surface area contributed by atoms with Crippen molar-refractivity contribution in [1.82, 2.24) is 15.0 Å². The Balaban J connectivity index is 1.98. The van der Waals surface area contributed by atoms with Crippen molar-refractivity contribution in [3.63, 3.8) is 0 Å². The molecular formula is C18H23N3O4S. The lowest BCUT2D eigenvalue weighted by molar-refractivity contribution is -0.127. The SMILES string of the molecule is CC(C)NC(=O)[C@@H](C)Oc1ccc(S(=O)(=O)NCc2cccnc2)cc1. The van der Waals surface area contributed by atoms with Crippen LogP contribution < -0.4 is 14.8 Å².